The van der Waals surface area contributed by atoms with Crippen molar-refractivity contribution in [1.29, 1.82) is 0 Å². The lowest BCUT2D eigenvalue weighted by Crippen LogP contribution is -2.18. The average molecular weight is 769 g/mol. The molecule has 2 nitrogen and oxygen atoms in total. The minimum atomic E-state index is -0.158. The summed E-state index contributed by atoms with van der Waals surface area (Å²) in [7, 11) is 0. The molecule has 10 aromatic rings. The van der Waals surface area contributed by atoms with Crippen LogP contribution in [0.15, 0.2) is 194 Å². The van der Waals surface area contributed by atoms with Crippen LogP contribution < -0.4 is 4.90 Å². The van der Waals surface area contributed by atoms with Gasteiger partial charge in [0.1, 0.15) is 0 Å². The third-order valence-corrected chi connectivity index (χ3v) is 13.8. The molecule has 1 aromatic heterocycles. The van der Waals surface area contributed by atoms with Crippen LogP contribution in [0.2, 0.25) is 0 Å². The second-order valence-electron chi connectivity index (χ2n) is 17.7. The van der Waals surface area contributed by atoms with E-state index in [0.29, 0.717) is 0 Å². The molecule has 1 heterocycles. The number of anilines is 3. The minimum Gasteiger partial charge on any atom is -0.307 e. The van der Waals surface area contributed by atoms with E-state index in [4.69, 9.17) is 0 Å². The van der Waals surface area contributed by atoms with E-state index in [-0.39, 0.29) is 10.8 Å². The average Bonchev–Trinajstić information content (AvgIpc) is 3.84. The Hall–Kier alpha value is -7.16. The zero-order chi connectivity index (χ0) is 40.3. The maximum absolute atomic E-state index is 2.61. The fourth-order valence-corrected chi connectivity index (χ4v) is 11.0. The van der Waals surface area contributed by atoms with Crippen molar-refractivity contribution >= 4 is 49.6 Å². The van der Waals surface area contributed by atoms with Crippen LogP contribution in [0.1, 0.15) is 49.9 Å². The lowest BCUT2D eigenvalue weighted by Gasteiger charge is -2.33. The standard InChI is InChI=1S/C58H44N2/c1-57(2)45-26-11-7-23-43(45)55-47(57)28-16-32-52(55)60(53-33-17-29-48-56(53)44-24-8-12-27-46(44)58(48,3)4)51-35-34-38(40-25-15-19-37-18-5-6-20-39(37)40)36-54(51)59-49-30-13-9-21-41(49)42-22-10-14-31-50(42)59/h5-36H,1-4H3. The quantitative estimate of drug-likeness (QED) is 0.169. The summed E-state index contributed by atoms with van der Waals surface area (Å²) in [6.07, 6.45) is 0. The summed E-state index contributed by atoms with van der Waals surface area (Å²) in [5.74, 6) is 0. The molecule has 60 heavy (non-hydrogen) atoms. The molecule has 0 N–H and O–H groups in total. The number of rotatable bonds is 5. The highest BCUT2D eigenvalue weighted by atomic mass is 15.2. The number of hydrogen-bond acceptors (Lipinski definition) is 1. The Morgan fingerprint density at radius 2 is 0.817 bits per heavy atom. The van der Waals surface area contributed by atoms with Gasteiger partial charge in [-0.05, 0) is 91.7 Å². The van der Waals surface area contributed by atoms with Gasteiger partial charge in [-0.3, -0.25) is 0 Å². The highest BCUT2D eigenvalue weighted by Gasteiger charge is 2.41. The molecule has 0 aliphatic heterocycles. The Balaban J connectivity index is 1.25. The van der Waals surface area contributed by atoms with Crippen LogP contribution in [-0.2, 0) is 10.8 Å². The third-order valence-electron chi connectivity index (χ3n) is 13.8. The number of nitrogens with zero attached hydrogens (tertiary/aromatic N) is 2. The van der Waals surface area contributed by atoms with Gasteiger partial charge in [0.25, 0.3) is 0 Å². The molecule has 2 aliphatic carbocycles. The van der Waals surface area contributed by atoms with Crippen molar-refractivity contribution in [1.82, 2.24) is 4.57 Å². The topological polar surface area (TPSA) is 8.17 Å². The maximum Gasteiger partial charge on any atom is 0.0709 e. The monoisotopic (exact) mass is 768 g/mol. The molecule has 0 bridgehead atoms. The molecule has 0 atom stereocenters. The third kappa shape index (κ3) is 4.76. The number of aromatic nitrogens is 1. The van der Waals surface area contributed by atoms with Crippen molar-refractivity contribution in [3.05, 3.63) is 216 Å². The fourth-order valence-electron chi connectivity index (χ4n) is 11.0. The van der Waals surface area contributed by atoms with Crippen LogP contribution in [0, 0.1) is 0 Å². The van der Waals surface area contributed by atoms with Gasteiger partial charge in [0.15, 0.2) is 0 Å². The molecular formula is C58H44N2. The zero-order valence-corrected chi connectivity index (χ0v) is 34.4. The van der Waals surface area contributed by atoms with Gasteiger partial charge in [0.2, 0.25) is 0 Å². The van der Waals surface area contributed by atoms with Gasteiger partial charge in [0, 0.05) is 32.7 Å². The molecule has 0 amide bonds. The smallest absolute Gasteiger partial charge is 0.0709 e. The Bertz CT molecular complexity index is 3230. The first-order valence-electron chi connectivity index (χ1n) is 21.2. The normalized spacial score (nSPS) is 14.3. The second-order valence-corrected chi connectivity index (χ2v) is 17.7. The van der Waals surface area contributed by atoms with E-state index in [9.17, 15) is 0 Å². The van der Waals surface area contributed by atoms with E-state index in [2.05, 4.69) is 231 Å². The molecule has 0 unspecified atom stereocenters. The fraction of sp³-hybridized carbons (Fsp3) is 0.103. The van der Waals surface area contributed by atoms with Gasteiger partial charge in [-0.15, -0.1) is 0 Å². The highest BCUT2D eigenvalue weighted by molar-refractivity contribution is 6.11. The van der Waals surface area contributed by atoms with E-state index in [1.807, 2.05) is 0 Å². The first-order valence-corrected chi connectivity index (χ1v) is 21.2. The van der Waals surface area contributed by atoms with E-state index in [1.165, 1.54) is 99.6 Å². The summed E-state index contributed by atoms with van der Waals surface area (Å²) in [5.41, 5.74) is 19.7. The highest BCUT2D eigenvalue weighted by Crippen LogP contribution is 2.59. The molecule has 0 spiro atoms. The zero-order valence-electron chi connectivity index (χ0n) is 34.4. The van der Waals surface area contributed by atoms with Crippen LogP contribution in [0.3, 0.4) is 0 Å². The van der Waals surface area contributed by atoms with E-state index >= 15 is 0 Å². The van der Waals surface area contributed by atoms with Crippen molar-refractivity contribution in [3.8, 4) is 39.1 Å². The molecule has 0 fully saturated rings. The molecule has 2 aliphatic rings. The largest absolute Gasteiger partial charge is 0.307 e. The minimum absolute atomic E-state index is 0.158. The Morgan fingerprint density at radius 3 is 1.42 bits per heavy atom. The van der Waals surface area contributed by atoms with Crippen LogP contribution >= 0.6 is 0 Å². The van der Waals surface area contributed by atoms with E-state index in [0.717, 1.165) is 11.4 Å². The molecular weight excluding hydrogens is 725 g/mol. The first kappa shape index (κ1) is 34.8. The summed E-state index contributed by atoms with van der Waals surface area (Å²) in [5, 5.41) is 4.97. The predicted octanol–water partition coefficient (Wildman–Crippen LogP) is 15.7. The van der Waals surface area contributed by atoms with Crippen molar-refractivity contribution < 1.29 is 0 Å². The van der Waals surface area contributed by atoms with Gasteiger partial charge in [-0.25, -0.2) is 0 Å². The number of hydrogen-bond donors (Lipinski definition) is 0. The van der Waals surface area contributed by atoms with Crippen LogP contribution in [0.25, 0.3) is 71.6 Å². The Labute approximate surface area is 351 Å². The summed E-state index contributed by atoms with van der Waals surface area (Å²) >= 11 is 0. The summed E-state index contributed by atoms with van der Waals surface area (Å²) in [6.45, 7) is 9.53. The molecule has 286 valence electrons. The summed E-state index contributed by atoms with van der Waals surface area (Å²) in [6, 6.07) is 72.5. The number of benzene rings is 9. The molecule has 9 aromatic carbocycles. The van der Waals surface area contributed by atoms with Crippen LogP contribution in [-0.4, -0.2) is 4.57 Å². The van der Waals surface area contributed by atoms with Crippen molar-refractivity contribution in [2.75, 3.05) is 4.90 Å². The Kier molecular flexibility index (Phi) is 7.36. The van der Waals surface area contributed by atoms with E-state index < -0.39 is 0 Å². The van der Waals surface area contributed by atoms with Crippen LogP contribution in [0.4, 0.5) is 17.1 Å². The first-order chi connectivity index (χ1) is 29.3. The molecule has 0 saturated heterocycles. The Morgan fingerprint density at radius 1 is 0.367 bits per heavy atom. The van der Waals surface area contributed by atoms with Crippen molar-refractivity contribution in [2.45, 2.75) is 38.5 Å². The van der Waals surface area contributed by atoms with Gasteiger partial charge in [-0.2, -0.15) is 0 Å². The molecule has 2 heteroatoms. The lowest BCUT2D eigenvalue weighted by atomic mass is 9.82. The maximum atomic E-state index is 2.61. The van der Waals surface area contributed by atoms with Crippen LogP contribution in [0.5, 0.6) is 0 Å². The van der Waals surface area contributed by atoms with Gasteiger partial charge >= 0.3 is 0 Å². The second kappa shape index (κ2) is 12.7. The number of para-hydroxylation sites is 2. The molecule has 12 rings (SSSR count). The van der Waals surface area contributed by atoms with E-state index in [1.54, 1.807) is 0 Å². The molecule has 0 saturated carbocycles. The molecule has 0 radical (unpaired) electrons. The summed E-state index contributed by atoms with van der Waals surface area (Å²) < 4.78 is 2.52. The van der Waals surface area contributed by atoms with Crippen molar-refractivity contribution in [3.63, 3.8) is 0 Å². The predicted molar refractivity (Wildman–Crippen MR) is 254 cm³/mol. The lowest BCUT2D eigenvalue weighted by molar-refractivity contribution is 0.660. The van der Waals surface area contributed by atoms with Gasteiger partial charge in [-0.1, -0.05) is 185 Å². The van der Waals surface area contributed by atoms with Crippen molar-refractivity contribution in [2.24, 2.45) is 0 Å². The van der Waals surface area contributed by atoms with Gasteiger partial charge < -0.3 is 9.47 Å². The SMILES string of the molecule is CC1(C)c2ccccc2-c2c(N(c3ccc(-c4cccc5ccccc45)cc3-n3c4ccccc4c4ccccc43)c3cccc4c3-c3ccccc3C4(C)C)cccc21. The number of fused-ring (bicyclic) bond motifs is 10. The summed E-state index contributed by atoms with van der Waals surface area (Å²) in [4.78, 5) is 2.61. The van der Waals surface area contributed by atoms with Gasteiger partial charge in [0.05, 0.1) is 33.8 Å².